The lowest BCUT2D eigenvalue weighted by atomic mass is 10.1. The minimum absolute atomic E-state index is 0.112. The highest BCUT2D eigenvalue weighted by Crippen LogP contribution is 2.30. The van der Waals surface area contributed by atoms with Gasteiger partial charge in [-0.3, -0.25) is 9.58 Å². The third-order valence-electron chi connectivity index (χ3n) is 5.24. The number of nitrogens with one attached hydrogen (secondary N) is 1. The van der Waals surface area contributed by atoms with Crippen LogP contribution < -0.4 is 5.32 Å². The number of nitrogens with zero attached hydrogens (tertiary/aromatic N) is 4. The quantitative estimate of drug-likeness (QED) is 0.773. The molecular formula is C19H29N5O3. The van der Waals surface area contributed by atoms with E-state index in [1.165, 1.54) is 0 Å². The fourth-order valence-electron chi connectivity index (χ4n) is 3.57. The second-order valence-electron chi connectivity index (χ2n) is 7.00. The van der Waals surface area contributed by atoms with Gasteiger partial charge in [0.05, 0.1) is 36.6 Å². The molecule has 1 aliphatic heterocycles. The van der Waals surface area contributed by atoms with E-state index in [0.29, 0.717) is 12.2 Å². The van der Waals surface area contributed by atoms with E-state index in [1.54, 1.807) is 17.8 Å². The number of aromatic nitrogens is 3. The van der Waals surface area contributed by atoms with Crippen molar-refractivity contribution in [3.8, 4) is 0 Å². The zero-order chi connectivity index (χ0) is 19.6. The molecule has 2 aromatic heterocycles. The number of carbonyl (C=O) groups excluding carboxylic acids is 1. The third kappa shape index (κ3) is 3.91. The number of ether oxygens (including phenoxy) is 2. The van der Waals surface area contributed by atoms with Crippen molar-refractivity contribution in [1.29, 1.82) is 0 Å². The molecule has 0 amide bonds. The maximum Gasteiger partial charge on any atom is 0.341 e. The molecule has 8 heteroatoms. The molecule has 1 saturated heterocycles. The van der Waals surface area contributed by atoms with E-state index in [0.717, 1.165) is 48.7 Å². The lowest BCUT2D eigenvalue weighted by Gasteiger charge is -2.36. The van der Waals surface area contributed by atoms with Crippen molar-refractivity contribution in [1.82, 2.24) is 19.7 Å². The molecule has 8 nitrogen and oxygen atoms in total. The van der Waals surface area contributed by atoms with E-state index in [4.69, 9.17) is 9.47 Å². The SMILES string of the molecule is CCOC(=O)c1cnc2c(c(C)nn2C)c1NC(C)C(C)N1CCOCC1. The van der Waals surface area contributed by atoms with E-state index in [1.807, 2.05) is 14.0 Å². The van der Waals surface area contributed by atoms with Crippen LogP contribution in [0.4, 0.5) is 5.69 Å². The summed E-state index contributed by atoms with van der Waals surface area (Å²) >= 11 is 0. The molecule has 2 aromatic rings. The molecule has 0 bridgehead atoms. The van der Waals surface area contributed by atoms with Gasteiger partial charge >= 0.3 is 5.97 Å². The van der Waals surface area contributed by atoms with E-state index in [2.05, 4.69) is 34.1 Å². The van der Waals surface area contributed by atoms with E-state index in [9.17, 15) is 4.79 Å². The summed E-state index contributed by atoms with van der Waals surface area (Å²) in [6.07, 6.45) is 1.58. The Bertz CT molecular complexity index is 813. The van der Waals surface area contributed by atoms with Crippen LogP contribution >= 0.6 is 0 Å². The summed E-state index contributed by atoms with van der Waals surface area (Å²) < 4.78 is 12.4. The Balaban J connectivity index is 1.97. The molecule has 1 aliphatic rings. The van der Waals surface area contributed by atoms with Gasteiger partial charge < -0.3 is 14.8 Å². The molecule has 1 fully saturated rings. The van der Waals surface area contributed by atoms with Crippen molar-refractivity contribution in [2.45, 2.75) is 39.8 Å². The highest BCUT2D eigenvalue weighted by molar-refractivity contribution is 6.05. The average Bonchev–Trinajstić information content (AvgIpc) is 2.96. The van der Waals surface area contributed by atoms with Gasteiger partial charge in [-0.15, -0.1) is 0 Å². The number of hydrogen-bond donors (Lipinski definition) is 1. The van der Waals surface area contributed by atoms with Gasteiger partial charge in [0, 0.05) is 38.4 Å². The van der Waals surface area contributed by atoms with E-state index >= 15 is 0 Å². The summed E-state index contributed by atoms with van der Waals surface area (Å²) in [5.74, 6) is -0.371. The van der Waals surface area contributed by atoms with Gasteiger partial charge in [0.25, 0.3) is 0 Å². The number of hydrogen-bond acceptors (Lipinski definition) is 7. The molecule has 3 rings (SSSR count). The van der Waals surface area contributed by atoms with Crippen molar-refractivity contribution in [3.05, 3.63) is 17.5 Å². The van der Waals surface area contributed by atoms with Crippen LogP contribution in [0.25, 0.3) is 11.0 Å². The Morgan fingerprint density at radius 3 is 2.74 bits per heavy atom. The van der Waals surface area contributed by atoms with Crippen LogP contribution in [0.3, 0.4) is 0 Å². The van der Waals surface area contributed by atoms with Crippen molar-refractivity contribution in [3.63, 3.8) is 0 Å². The summed E-state index contributed by atoms with van der Waals surface area (Å²) in [4.78, 5) is 19.4. The van der Waals surface area contributed by atoms with E-state index < -0.39 is 0 Å². The third-order valence-corrected chi connectivity index (χ3v) is 5.24. The van der Waals surface area contributed by atoms with Gasteiger partial charge in [-0.25, -0.2) is 9.78 Å². The Morgan fingerprint density at radius 1 is 1.37 bits per heavy atom. The molecule has 3 heterocycles. The monoisotopic (exact) mass is 375 g/mol. The second kappa shape index (κ2) is 8.22. The van der Waals surface area contributed by atoms with Crippen molar-refractivity contribution >= 4 is 22.7 Å². The first-order valence-electron chi connectivity index (χ1n) is 9.51. The van der Waals surface area contributed by atoms with Gasteiger partial charge in [-0.1, -0.05) is 0 Å². The van der Waals surface area contributed by atoms with Gasteiger partial charge in [0.1, 0.15) is 5.56 Å². The molecule has 2 unspecified atom stereocenters. The van der Waals surface area contributed by atoms with Crippen molar-refractivity contribution < 1.29 is 14.3 Å². The summed E-state index contributed by atoms with van der Waals surface area (Å²) in [7, 11) is 1.86. The highest BCUT2D eigenvalue weighted by atomic mass is 16.5. The number of rotatable bonds is 6. The molecule has 0 aromatic carbocycles. The maximum atomic E-state index is 12.5. The first-order valence-corrected chi connectivity index (χ1v) is 9.51. The van der Waals surface area contributed by atoms with Crippen molar-refractivity contribution in [2.24, 2.45) is 7.05 Å². The normalized spacial score (nSPS) is 17.7. The Hall–Kier alpha value is -2.19. The number of esters is 1. The van der Waals surface area contributed by atoms with Crippen LogP contribution in [-0.4, -0.2) is 70.6 Å². The van der Waals surface area contributed by atoms with Gasteiger partial charge in [-0.2, -0.15) is 5.10 Å². The largest absolute Gasteiger partial charge is 0.462 e. The van der Waals surface area contributed by atoms with Gasteiger partial charge in [-0.05, 0) is 27.7 Å². The Labute approximate surface area is 159 Å². The fraction of sp³-hybridized carbons (Fsp3) is 0.632. The summed E-state index contributed by atoms with van der Waals surface area (Å²) in [6.45, 7) is 11.7. The second-order valence-corrected chi connectivity index (χ2v) is 7.00. The van der Waals surface area contributed by atoms with Crippen LogP contribution in [0.15, 0.2) is 6.20 Å². The van der Waals surface area contributed by atoms with E-state index in [-0.39, 0.29) is 18.1 Å². The molecule has 0 spiro atoms. The molecule has 0 saturated carbocycles. The molecular weight excluding hydrogens is 346 g/mol. The zero-order valence-electron chi connectivity index (χ0n) is 16.8. The van der Waals surface area contributed by atoms with Crippen LogP contribution in [0.2, 0.25) is 0 Å². The molecule has 1 N–H and O–H groups in total. The summed E-state index contributed by atoms with van der Waals surface area (Å²) in [6, 6.07) is 0.394. The predicted octanol–water partition coefficient (Wildman–Crippen LogP) is 1.97. The van der Waals surface area contributed by atoms with Gasteiger partial charge in [0.2, 0.25) is 0 Å². The summed E-state index contributed by atoms with van der Waals surface area (Å²) in [5, 5.41) is 8.91. The fourth-order valence-corrected chi connectivity index (χ4v) is 3.57. The topological polar surface area (TPSA) is 81.5 Å². The average molecular weight is 375 g/mol. The maximum absolute atomic E-state index is 12.5. The minimum atomic E-state index is -0.371. The number of anilines is 1. The van der Waals surface area contributed by atoms with Crippen LogP contribution in [0.1, 0.15) is 36.8 Å². The molecule has 0 aliphatic carbocycles. The number of fused-ring (bicyclic) bond motifs is 1. The lowest BCUT2D eigenvalue weighted by Crippen LogP contribution is -2.48. The predicted molar refractivity (Wildman–Crippen MR) is 104 cm³/mol. The number of aryl methyl sites for hydroxylation is 2. The number of morpholine rings is 1. The zero-order valence-corrected chi connectivity index (χ0v) is 16.8. The molecule has 2 atom stereocenters. The highest BCUT2D eigenvalue weighted by Gasteiger charge is 2.26. The van der Waals surface area contributed by atoms with Crippen LogP contribution in [0.5, 0.6) is 0 Å². The number of pyridine rings is 1. The molecule has 27 heavy (non-hydrogen) atoms. The lowest BCUT2D eigenvalue weighted by molar-refractivity contribution is 0.0176. The summed E-state index contributed by atoms with van der Waals surface area (Å²) in [5.41, 5.74) is 2.77. The van der Waals surface area contributed by atoms with Crippen LogP contribution in [-0.2, 0) is 16.5 Å². The first kappa shape index (κ1) is 19.6. The smallest absolute Gasteiger partial charge is 0.341 e. The first-order chi connectivity index (χ1) is 12.9. The van der Waals surface area contributed by atoms with Crippen molar-refractivity contribution in [2.75, 3.05) is 38.2 Å². The standard InChI is InChI=1S/C19H29N5O3/c1-6-27-19(25)15-11-20-18-16(13(3)22-23(18)5)17(15)21-12(2)14(4)24-7-9-26-10-8-24/h11-12,14H,6-10H2,1-5H3,(H,20,21). The number of carbonyl (C=O) groups is 1. The minimum Gasteiger partial charge on any atom is -0.462 e. The Kier molecular flexibility index (Phi) is 5.96. The van der Waals surface area contributed by atoms with Crippen LogP contribution in [0, 0.1) is 6.92 Å². The van der Waals surface area contributed by atoms with Gasteiger partial charge in [0.15, 0.2) is 5.65 Å². The molecule has 0 radical (unpaired) electrons. The Morgan fingerprint density at radius 2 is 2.07 bits per heavy atom. The molecule has 148 valence electrons.